The minimum absolute atomic E-state index is 0.0761. The van der Waals surface area contributed by atoms with Crippen molar-refractivity contribution < 1.29 is 9.53 Å². The predicted molar refractivity (Wildman–Crippen MR) is 79.9 cm³/mol. The summed E-state index contributed by atoms with van der Waals surface area (Å²) in [6.07, 6.45) is 7.64. The fourth-order valence-electron chi connectivity index (χ4n) is 3.22. The largest absolute Gasteiger partial charge is 0.376 e. The quantitative estimate of drug-likeness (QED) is 0.780. The Hall–Kier alpha value is -0.810. The van der Waals surface area contributed by atoms with Gasteiger partial charge in [-0.2, -0.15) is 0 Å². The molecule has 0 aromatic heterocycles. The molecule has 20 heavy (non-hydrogen) atoms. The monoisotopic (exact) mass is 283 g/mol. The Bertz CT molecular complexity index is 299. The van der Waals surface area contributed by atoms with Crippen molar-refractivity contribution in [1.29, 1.82) is 0 Å². The van der Waals surface area contributed by atoms with Gasteiger partial charge in [-0.25, -0.2) is 4.79 Å². The molecule has 0 unspecified atom stereocenters. The summed E-state index contributed by atoms with van der Waals surface area (Å²) in [6.45, 7) is 4.47. The molecule has 1 saturated carbocycles. The summed E-state index contributed by atoms with van der Waals surface area (Å²) in [5.74, 6) is 0. The van der Waals surface area contributed by atoms with Crippen LogP contribution in [-0.2, 0) is 4.74 Å². The highest BCUT2D eigenvalue weighted by molar-refractivity contribution is 5.74. The summed E-state index contributed by atoms with van der Waals surface area (Å²) >= 11 is 0. The van der Waals surface area contributed by atoms with Gasteiger partial charge in [0, 0.05) is 25.7 Å². The first kappa shape index (κ1) is 15.6. The van der Waals surface area contributed by atoms with Gasteiger partial charge >= 0.3 is 6.03 Å². The number of nitrogens with one attached hydrogen (secondary N) is 2. The fourth-order valence-corrected chi connectivity index (χ4v) is 3.22. The molecule has 2 rings (SSSR count). The van der Waals surface area contributed by atoms with Crippen LogP contribution in [0, 0.1) is 0 Å². The third-order valence-electron chi connectivity index (χ3n) is 4.58. The van der Waals surface area contributed by atoms with Crippen molar-refractivity contribution in [3.63, 3.8) is 0 Å². The molecular formula is C15H29N3O2. The topological polar surface area (TPSA) is 53.6 Å². The van der Waals surface area contributed by atoms with Crippen LogP contribution in [0.15, 0.2) is 0 Å². The first-order chi connectivity index (χ1) is 9.66. The van der Waals surface area contributed by atoms with Crippen molar-refractivity contribution in [2.24, 2.45) is 0 Å². The number of carbonyl (C=O) groups excluding carboxylic acids is 1. The lowest BCUT2D eigenvalue weighted by atomic mass is 10.1. The van der Waals surface area contributed by atoms with Gasteiger partial charge in [-0.3, -0.25) is 0 Å². The van der Waals surface area contributed by atoms with Crippen LogP contribution in [0.5, 0.6) is 0 Å². The van der Waals surface area contributed by atoms with Gasteiger partial charge in [-0.15, -0.1) is 0 Å². The molecule has 0 spiro atoms. The summed E-state index contributed by atoms with van der Waals surface area (Å²) < 4.78 is 5.58. The van der Waals surface area contributed by atoms with Gasteiger partial charge in [-0.1, -0.05) is 12.8 Å². The molecule has 0 bridgehead atoms. The van der Waals surface area contributed by atoms with Crippen molar-refractivity contribution in [3.8, 4) is 0 Å². The van der Waals surface area contributed by atoms with E-state index < -0.39 is 0 Å². The highest BCUT2D eigenvalue weighted by atomic mass is 16.5. The third kappa shape index (κ3) is 4.63. The average molecular weight is 283 g/mol. The maximum Gasteiger partial charge on any atom is 0.315 e. The van der Waals surface area contributed by atoms with Gasteiger partial charge in [0.2, 0.25) is 0 Å². The van der Waals surface area contributed by atoms with Gasteiger partial charge in [0.1, 0.15) is 0 Å². The first-order valence-corrected chi connectivity index (χ1v) is 8.03. The van der Waals surface area contributed by atoms with Gasteiger partial charge in [0.15, 0.2) is 0 Å². The molecular weight excluding hydrogens is 254 g/mol. The standard InChI is InChI=1S/C15H29N3O2/c1-12(14-8-5-11-20-14)17-15(19)16-9-10-18(2)13-6-3-4-7-13/h12-14H,3-11H2,1-2H3,(H2,16,17,19)/t12-,14-/m0/s1. The van der Waals surface area contributed by atoms with Crippen LogP contribution < -0.4 is 10.6 Å². The SMILES string of the molecule is C[C@H](NC(=O)NCCN(C)C1CCCC1)[C@@H]1CCCO1. The number of likely N-dealkylation sites (N-methyl/N-ethyl adjacent to an activating group) is 1. The maximum atomic E-state index is 11.8. The van der Waals surface area contributed by atoms with Crippen LogP contribution in [0.2, 0.25) is 0 Å². The van der Waals surface area contributed by atoms with Crippen LogP contribution in [0.25, 0.3) is 0 Å². The second-order valence-electron chi connectivity index (χ2n) is 6.16. The lowest BCUT2D eigenvalue weighted by Crippen LogP contribution is -2.47. The number of nitrogens with zero attached hydrogens (tertiary/aromatic N) is 1. The van der Waals surface area contributed by atoms with Crippen LogP contribution in [0.4, 0.5) is 4.79 Å². The number of urea groups is 1. The Morgan fingerprint density at radius 2 is 2.05 bits per heavy atom. The van der Waals surface area contributed by atoms with Crippen LogP contribution in [0.3, 0.4) is 0 Å². The summed E-state index contributed by atoms with van der Waals surface area (Å²) in [6, 6.07) is 0.726. The Balaban J connectivity index is 1.57. The molecule has 5 heteroatoms. The molecule has 1 aliphatic carbocycles. The molecule has 2 atom stereocenters. The molecule has 2 N–H and O–H groups in total. The summed E-state index contributed by atoms with van der Waals surface area (Å²) in [4.78, 5) is 14.2. The van der Waals surface area contributed by atoms with Crippen LogP contribution >= 0.6 is 0 Å². The zero-order valence-electron chi connectivity index (χ0n) is 12.9. The number of amides is 2. The highest BCUT2D eigenvalue weighted by Gasteiger charge is 2.23. The lowest BCUT2D eigenvalue weighted by Gasteiger charge is -2.24. The van der Waals surface area contributed by atoms with E-state index in [2.05, 4.69) is 22.6 Å². The molecule has 2 amide bonds. The minimum atomic E-state index is -0.0761. The van der Waals surface area contributed by atoms with E-state index in [1.165, 1.54) is 25.7 Å². The molecule has 0 aromatic carbocycles. The minimum Gasteiger partial charge on any atom is -0.376 e. The summed E-state index contributed by atoms with van der Waals surface area (Å²) in [7, 11) is 2.16. The van der Waals surface area contributed by atoms with Gasteiger partial charge in [0.25, 0.3) is 0 Å². The maximum absolute atomic E-state index is 11.8. The van der Waals surface area contributed by atoms with Crippen molar-refractivity contribution >= 4 is 6.03 Å². The number of hydrogen-bond donors (Lipinski definition) is 2. The second kappa shape index (κ2) is 7.84. The summed E-state index contributed by atoms with van der Waals surface area (Å²) in [5, 5.41) is 5.92. The predicted octanol–water partition coefficient (Wildman–Crippen LogP) is 1.73. The van der Waals surface area contributed by atoms with E-state index in [1.54, 1.807) is 0 Å². The second-order valence-corrected chi connectivity index (χ2v) is 6.16. The van der Waals surface area contributed by atoms with Gasteiger partial charge in [-0.05, 0) is 39.7 Å². The smallest absolute Gasteiger partial charge is 0.315 e. The number of hydrogen-bond acceptors (Lipinski definition) is 3. The zero-order chi connectivity index (χ0) is 14.4. The lowest BCUT2D eigenvalue weighted by molar-refractivity contribution is 0.0860. The van der Waals surface area contributed by atoms with Crippen molar-refractivity contribution in [3.05, 3.63) is 0 Å². The molecule has 0 aromatic rings. The molecule has 0 radical (unpaired) electrons. The Labute approximate surface area is 122 Å². The molecule has 1 aliphatic heterocycles. The van der Waals surface area contributed by atoms with Crippen molar-refractivity contribution in [2.45, 2.75) is 63.6 Å². The molecule has 1 saturated heterocycles. The average Bonchev–Trinajstić information content (AvgIpc) is 3.12. The fraction of sp³-hybridized carbons (Fsp3) is 0.933. The van der Waals surface area contributed by atoms with E-state index in [-0.39, 0.29) is 18.2 Å². The Morgan fingerprint density at radius 3 is 2.70 bits per heavy atom. The Morgan fingerprint density at radius 1 is 1.30 bits per heavy atom. The van der Waals surface area contributed by atoms with E-state index in [0.29, 0.717) is 12.6 Å². The van der Waals surface area contributed by atoms with Gasteiger partial charge < -0.3 is 20.3 Å². The number of ether oxygens (including phenoxy) is 1. The zero-order valence-corrected chi connectivity index (χ0v) is 12.9. The van der Waals surface area contributed by atoms with E-state index in [1.807, 2.05) is 6.92 Å². The van der Waals surface area contributed by atoms with Crippen molar-refractivity contribution in [1.82, 2.24) is 15.5 Å². The highest BCUT2D eigenvalue weighted by Crippen LogP contribution is 2.21. The summed E-state index contributed by atoms with van der Waals surface area (Å²) in [5.41, 5.74) is 0. The van der Waals surface area contributed by atoms with E-state index in [9.17, 15) is 4.79 Å². The third-order valence-corrected chi connectivity index (χ3v) is 4.58. The first-order valence-electron chi connectivity index (χ1n) is 8.03. The number of rotatable bonds is 6. The van der Waals surface area contributed by atoms with Crippen LogP contribution in [0.1, 0.15) is 45.4 Å². The molecule has 2 aliphatic rings. The van der Waals surface area contributed by atoms with Gasteiger partial charge in [0.05, 0.1) is 12.1 Å². The van der Waals surface area contributed by atoms with Crippen LogP contribution in [-0.4, -0.2) is 55.9 Å². The van der Waals surface area contributed by atoms with E-state index in [4.69, 9.17) is 4.74 Å². The normalized spacial score (nSPS) is 25.1. The Kier molecular flexibility index (Phi) is 6.10. The number of carbonyl (C=O) groups is 1. The molecule has 5 nitrogen and oxygen atoms in total. The molecule has 1 heterocycles. The van der Waals surface area contributed by atoms with E-state index >= 15 is 0 Å². The molecule has 116 valence electrons. The van der Waals surface area contributed by atoms with Crippen molar-refractivity contribution in [2.75, 3.05) is 26.7 Å². The molecule has 2 fully saturated rings. The van der Waals surface area contributed by atoms with E-state index in [0.717, 1.165) is 26.0 Å².